The molecule has 38 heavy (non-hydrogen) atoms. The van der Waals surface area contributed by atoms with Crippen LogP contribution >= 0.6 is 0 Å². The predicted octanol–water partition coefficient (Wildman–Crippen LogP) is 3.69. The second-order valence-corrected chi connectivity index (χ2v) is 11.5. The average Bonchev–Trinajstić information content (AvgIpc) is 2.75. The van der Waals surface area contributed by atoms with Gasteiger partial charge in [-0.1, -0.05) is 32.0 Å². The monoisotopic (exact) mass is 534 g/mol. The summed E-state index contributed by atoms with van der Waals surface area (Å²) in [7, 11) is 0. The van der Waals surface area contributed by atoms with Gasteiger partial charge in [0.1, 0.15) is 23.4 Å². The largest absolute Gasteiger partial charge is 0.507 e. The lowest BCUT2D eigenvalue weighted by atomic mass is 9.95. The van der Waals surface area contributed by atoms with Gasteiger partial charge in [-0.2, -0.15) is 0 Å². The highest BCUT2D eigenvalue weighted by Gasteiger charge is 2.40. The third kappa shape index (κ3) is 10.2. The number of rotatable bonds is 12. The topological polar surface area (TPSA) is 151 Å². The lowest BCUT2D eigenvalue weighted by Gasteiger charge is -2.39. The number of aryl methyl sites for hydroxylation is 1. The number of primary amides is 1. The van der Waals surface area contributed by atoms with E-state index in [1.54, 1.807) is 66.7 Å². The van der Waals surface area contributed by atoms with Crippen molar-refractivity contribution in [2.45, 2.75) is 111 Å². The number of hydrogen-bond donors (Lipinski definition) is 4. The number of phenolic OH excluding ortho intramolecular Hbond substituents is 1. The van der Waals surface area contributed by atoms with Crippen LogP contribution in [0.15, 0.2) is 18.2 Å². The molecule has 0 bridgehead atoms. The summed E-state index contributed by atoms with van der Waals surface area (Å²) in [6, 6.07) is 1.62. The Labute approximate surface area is 226 Å². The lowest BCUT2D eigenvalue weighted by molar-refractivity contribution is -0.146. The van der Waals surface area contributed by atoms with Gasteiger partial charge in [-0.05, 0) is 72.8 Å². The zero-order chi connectivity index (χ0) is 29.4. The molecule has 214 valence electrons. The summed E-state index contributed by atoms with van der Waals surface area (Å²) in [5.41, 5.74) is 5.37. The first kappa shape index (κ1) is 32.7. The van der Waals surface area contributed by atoms with Crippen LogP contribution in [0, 0.1) is 12.8 Å². The number of carbonyl (C=O) groups is 4. The van der Waals surface area contributed by atoms with Crippen molar-refractivity contribution in [3.63, 3.8) is 0 Å². The molecule has 10 nitrogen and oxygen atoms in total. The minimum absolute atomic E-state index is 0.114. The summed E-state index contributed by atoms with van der Waals surface area (Å²) < 4.78 is 5.31. The van der Waals surface area contributed by atoms with Gasteiger partial charge in [-0.15, -0.1) is 0 Å². The van der Waals surface area contributed by atoms with Crippen LogP contribution < -0.4 is 16.4 Å². The molecule has 5 N–H and O–H groups in total. The number of alkyl carbamates (subject to hydrolysis) is 1. The molecule has 4 amide bonds. The number of ether oxygens (including phenoxy) is 1. The number of benzene rings is 1. The van der Waals surface area contributed by atoms with E-state index in [2.05, 4.69) is 10.6 Å². The Morgan fingerprint density at radius 3 is 2.13 bits per heavy atom. The van der Waals surface area contributed by atoms with Crippen molar-refractivity contribution in [2.75, 3.05) is 0 Å². The zero-order valence-corrected chi connectivity index (χ0v) is 24.3. The Morgan fingerprint density at radius 2 is 1.63 bits per heavy atom. The Morgan fingerprint density at radius 1 is 1.03 bits per heavy atom. The predicted molar refractivity (Wildman–Crippen MR) is 146 cm³/mol. The molecule has 10 heteroatoms. The second-order valence-electron chi connectivity index (χ2n) is 11.5. The van der Waals surface area contributed by atoms with Crippen LogP contribution in [0.3, 0.4) is 0 Å². The molecule has 0 aliphatic carbocycles. The second kappa shape index (κ2) is 14.0. The molecule has 1 rings (SSSR count). The molecule has 0 spiro atoms. The van der Waals surface area contributed by atoms with Crippen LogP contribution in [-0.2, 0) is 19.1 Å². The maximum absolute atomic E-state index is 14.2. The van der Waals surface area contributed by atoms with E-state index in [1.165, 1.54) is 4.90 Å². The quantitative estimate of drug-likeness (QED) is 0.321. The van der Waals surface area contributed by atoms with Crippen LogP contribution in [-0.4, -0.2) is 57.5 Å². The first-order valence-corrected chi connectivity index (χ1v) is 13.1. The molecule has 0 aliphatic heterocycles. The van der Waals surface area contributed by atoms with E-state index < -0.39 is 54.0 Å². The van der Waals surface area contributed by atoms with E-state index >= 15 is 0 Å². The van der Waals surface area contributed by atoms with Crippen LogP contribution in [0.1, 0.15) is 91.8 Å². The molecule has 0 aromatic heterocycles. The van der Waals surface area contributed by atoms with Crippen molar-refractivity contribution in [1.82, 2.24) is 15.5 Å². The van der Waals surface area contributed by atoms with Crippen molar-refractivity contribution in [2.24, 2.45) is 11.7 Å². The van der Waals surface area contributed by atoms with Gasteiger partial charge in [-0.3, -0.25) is 14.4 Å². The molecule has 0 fully saturated rings. The Kier molecular flexibility index (Phi) is 12.1. The summed E-state index contributed by atoms with van der Waals surface area (Å²) >= 11 is 0. The third-order valence-electron chi connectivity index (χ3n) is 5.81. The molecule has 3 unspecified atom stereocenters. The van der Waals surface area contributed by atoms with E-state index in [-0.39, 0.29) is 17.4 Å². The van der Waals surface area contributed by atoms with Crippen LogP contribution in [0.25, 0.3) is 0 Å². The highest BCUT2D eigenvalue weighted by Crippen LogP contribution is 2.34. The maximum Gasteiger partial charge on any atom is 0.408 e. The van der Waals surface area contributed by atoms with Gasteiger partial charge < -0.3 is 31.1 Å². The van der Waals surface area contributed by atoms with Gasteiger partial charge in [0, 0.05) is 17.6 Å². The number of nitrogens with two attached hydrogens (primary N) is 1. The smallest absolute Gasteiger partial charge is 0.408 e. The Bertz CT molecular complexity index is 986. The first-order chi connectivity index (χ1) is 17.4. The highest BCUT2D eigenvalue weighted by atomic mass is 16.6. The molecule has 0 heterocycles. The van der Waals surface area contributed by atoms with Crippen molar-refractivity contribution in [1.29, 1.82) is 0 Å². The number of para-hydroxylation sites is 1. The van der Waals surface area contributed by atoms with E-state index in [1.807, 2.05) is 13.8 Å². The fourth-order valence-electron chi connectivity index (χ4n) is 4.03. The van der Waals surface area contributed by atoms with Crippen LogP contribution in [0.4, 0.5) is 4.79 Å². The Balaban J connectivity index is 3.71. The summed E-state index contributed by atoms with van der Waals surface area (Å²) in [5.74, 6) is -1.78. The fraction of sp³-hybridized carbons (Fsp3) is 0.643. The number of phenols is 1. The van der Waals surface area contributed by atoms with Gasteiger partial charge in [0.2, 0.25) is 17.7 Å². The summed E-state index contributed by atoms with van der Waals surface area (Å²) in [5, 5.41) is 16.3. The zero-order valence-electron chi connectivity index (χ0n) is 24.3. The summed E-state index contributed by atoms with van der Waals surface area (Å²) in [4.78, 5) is 53.7. The van der Waals surface area contributed by atoms with Crippen LogP contribution in [0.5, 0.6) is 5.75 Å². The highest BCUT2D eigenvalue weighted by molar-refractivity contribution is 5.95. The number of amides is 4. The van der Waals surface area contributed by atoms with Crippen molar-refractivity contribution in [3.05, 3.63) is 29.3 Å². The fourth-order valence-corrected chi connectivity index (χ4v) is 4.03. The minimum atomic E-state index is -1.38. The minimum Gasteiger partial charge on any atom is -0.507 e. The molecule has 1 aromatic rings. The third-order valence-corrected chi connectivity index (χ3v) is 5.81. The number of nitrogens with one attached hydrogen (secondary N) is 2. The summed E-state index contributed by atoms with van der Waals surface area (Å²) in [6.07, 6.45) is -0.0991. The number of nitrogens with zero attached hydrogens (tertiary/aromatic N) is 1. The van der Waals surface area contributed by atoms with Gasteiger partial charge in [0.25, 0.3) is 0 Å². The van der Waals surface area contributed by atoms with E-state index in [0.29, 0.717) is 17.9 Å². The molecule has 0 saturated carbocycles. The molecule has 0 saturated heterocycles. The maximum atomic E-state index is 14.2. The number of hydrogen-bond acceptors (Lipinski definition) is 6. The van der Waals surface area contributed by atoms with E-state index in [9.17, 15) is 24.3 Å². The standard InChI is InChI=1S/C28H46N4O6/c1-16(2)13-14-19(6)32(26(36)21(15-22(29)33)31-27(37)38-28(7,8)9)23(25(35)30-17(3)4)20-12-10-11-18(5)24(20)34/h10-12,16-17,19,21,23,34H,13-15H2,1-9H3,(H2,29,33)(H,30,35)(H,31,37). The normalized spacial score (nSPS) is 14.0. The molecule has 3 atom stereocenters. The van der Waals surface area contributed by atoms with Gasteiger partial charge in [0.05, 0.1) is 6.42 Å². The summed E-state index contributed by atoms with van der Waals surface area (Å²) in [6.45, 7) is 16.2. The van der Waals surface area contributed by atoms with E-state index in [4.69, 9.17) is 10.5 Å². The first-order valence-electron chi connectivity index (χ1n) is 13.1. The molecule has 0 aliphatic rings. The Hall–Kier alpha value is -3.30. The van der Waals surface area contributed by atoms with Crippen molar-refractivity contribution >= 4 is 23.8 Å². The van der Waals surface area contributed by atoms with Gasteiger partial charge in [0.15, 0.2) is 0 Å². The molecular formula is C28H46N4O6. The van der Waals surface area contributed by atoms with Crippen molar-refractivity contribution in [3.8, 4) is 5.75 Å². The number of carbonyl (C=O) groups excluding carboxylic acids is 4. The molecular weight excluding hydrogens is 488 g/mol. The molecule has 0 radical (unpaired) electrons. The van der Waals surface area contributed by atoms with Crippen LogP contribution in [0.2, 0.25) is 0 Å². The SMILES string of the molecule is Cc1cccc(C(C(=O)NC(C)C)N(C(=O)C(CC(N)=O)NC(=O)OC(C)(C)C)C(C)CCC(C)C)c1O. The van der Waals surface area contributed by atoms with Gasteiger partial charge in [-0.25, -0.2) is 4.79 Å². The van der Waals surface area contributed by atoms with E-state index in [0.717, 1.165) is 6.42 Å². The number of aromatic hydroxyl groups is 1. The average molecular weight is 535 g/mol. The van der Waals surface area contributed by atoms with Gasteiger partial charge >= 0.3 is 6.09 Å². The lowest BCUT2D eigenvalue weighted by Crippen LogP contribution is -2.56. The molecule has 1 aromatic carbocycles. The van der Waals surface area contributed by atoms with Crippen molar-refractivity contribution < 1.29 is 29.0 Å².